The number of fused-ring (bicyclic) bond motifs is 1. The molecule has 0 aliphatic heterocycles. The molecule has 0 fully saturated rings. The Kier molecular flexibility index (Phi) is 8.18. The molecule has 1 aromatic heterocycles. The van der Waals surface area contributed by atoms with Crippen LogP contribution in [0.2, 0.25) is 0 Å². The molecule has 2 N–H and O–H groups in total. The number of benzene rings is 2. The van der Waals surface area contributed by atoms with Crippen LogP contribution in [-0.4, -0.2) is 47.4 Å². The molecule has 174 valence electrons. The van der Waals surface area contributed by atoms with E-state index in [2.05, 4.69) is 15.3 Å². The van der Waals surface area contributed by atoms with Gasteiger partial charge in [0, 0.05) is 32.5 Å². The van der Waals surface area contributed by atoms with Gasteiger partial charge in [0.05, 0.1) is 16.9 Å². The van der Waals surface area contributed by atoms with E-state index in [1.54, 1.807) is 38.4 Å². The molecular weight excluding hydrogens is 420 g/mol. The molecule has 2 amide bonds. The molecule has 0 bridgehead atoms. The Balaban J connectivity index is 1.58. The van der Waals surface area contributed by atoms with Gasteiger partial charge in [-0.15, -0.1) is 0 Å². The fraction of sp³-hybridized carbons (Fsp3) is 0.360. The van der Waals surface area contributed by atoms with Crippen molar-refractivity contribution in [2.75, 3.05) is 20.7 Å². The van der Waals surface area contributed by atoms with Crippen LogP contribution in [0.4, 0.5) is 0 Å². The second-order valence-electron chi connectivity index (χ2n) is 8.03. The van der Waals surface area contributed by atoms with Gasteiger partial charge in [0.1, 0.15) is 11.6 Å². The summed E-state index contributed by atoms with van der Waals surface area (Å²) in [6.45, 7) is 1.92. The lowest BCUT2D eigenvalue weighted by molar-refractivity contribution is -0.130. The highest BCUT2D eigenvalue weighted by Crippen LogP contribution is 2.27. The van der Waals surface area contributed by atoms with E-state index >= 15 is 0 Å². The van der Waals surface area contributed by atoms with Crippen molar-refractivity contribution in [3.05, 3.63) is 70.3 Å². The van der Waals surface area contributed by atoms with E-state index in [9.17, 15) is 14.4 Å². The number of aromatic nitrogens is 2. The van der Waals surface area contributed by atoms with Crippen LogP contribution in [0, 0.1) is 0 Å². The fourth-order valence-corrected chi connectivity index (χ4v) is 3.50. The number of hydrogen-bond acceptors (Lipinski definition) is 5. The number of ether oxygens (including phenoxy) is 1. The maximum Gasteiger partial charge on any atom is 0.259 e. The zero-order valence-electron chi connectivity index (χ0n) is 19.3. The quantitative estimate of drug-likeness (QED) is 0.494. The monoisotopic (exact) mass is 450 g/mol. The summed E-state index contributed by atoms with van der Waals surface area (Å²) in [6.07, 6.45) is 2.03. The molecule has 33 heavy (non-hydrogen) atoms. The first-order valence-electron chi connectivity index (χ1n) is 11.1. The van der Waals surface area contributed by atoms with Crippen LogP contribution >= 0.6 is 0 Å². The Morgan fingerprint density at radius 1 is 1.12 bits per heavy atom. The maximum atomic E-state index is 12.6. The number of rotatable bonds is 10. The molecule has 3 rings (SSSR count). The summed E-state index contributed by atoms with van der Waals surface area (Å²) in [5.74, 6) is 0.923. The molecule has 1 heterocycles. The van der Waals surface area contributed by atoms with Crippen LogP contribution in [0.15, 0.2) is 53.3 Å². The third-order valence-electron chi connectivity index (χ3n) is 5.37. The van der Waals surface area contributed by atoms with E-state index in [-0.39, 0.29) is 30.0 Å². The van der Waals surface area contributed by atoms with Gasteiger partial charge in [0.2, 0.25) is 5.91 Å². The Hall–Kier alpha value is -3.68. The summed E-state index contributed by atoms with van der Waals surface area (Å²) in [5, 5.41) is 3.61. The Bertz CT molecular complexity index is 1170. The van der Waals surface area contributed by atoms with Crippen molar-refractivity contribution in [2.24, 2.45) is 0 Å². The molecular formula is C25H30N4O4. The average Bonchev–Trinajstić information content (AvgIpc) is 2.81. The van der Waals surface area contributed by atoms with Gasteiger partial charge in [-0.2, -0.15) is 0 Å². The fourth-order valence-electron chi connectivity index (χ4n) is 3.50. The summed E-state index contributed by atoms with van der Waals surface area (Å²) >= 11 is 0. The number of amides is 2. The lowest BCUT2D eigenvalue weighted by Gasteiger charge is -2.21. The third kappa shape index (κ3) is 6.41. The number of nitrogens with one attached hydrogen (secondary N) is 2. The van der Waals surface area contributed by atoms with E-state index in [4.69, 9.17) is 4.74 Å². The largest absolute Gasteiger partial charge is 0.483 e. The number of aromatic amines is 1. The zero-order valence-corrected chi connectivity index (χ0v) is 19.3. The van der Waals surface area contributed by atoms with Gasteiger partial charge in [0.15, 0.2) is 6.61 Å². The van der Waals surface area contributed by atoms with E-state index in [1.165, 1.54) is 4.90 Å². The summed E-state index contributed by atoms with van der Waals surface area (Å²) in [7, 11) is 3.35. The number of nitrogens with zero attached hydrogens (tertiary/aromatic N) is 2. The van der Waals surface area contributed by atoms with E-state index in [0.717, 1.165) is 5.56 Å². The predicted molar refractivity (Wildman–Crippen MR) is 127 cm³/mol. The number of para-hydroxylation sites is 2. The topological polar surface area (TPSA) is 104 Å². The Labute approximate surface area is 193 Å². The first kappa shape index (κ1) is 24.0. The van der Waals surface area contributed by atoms with Crippen LogP contribution < -0.4 is 15.6 Å². The highest BCUT2D eigenvalue weighted by atomic mass is 16.5. The molecule has 0 spiro atoms. The van der Waals surface area contributed by atoms with Gasteiger partial charge >= 0.3 is 0 Å². The van der Waals surface area contributed by atoms with Crippen LogP contribution in [0.1, 0.15) is 43.6 Å². The van der Waals surface area contributed by atoms with Crippen molar-refractivity contribution in [3.63, 3.8) is 0 Å². The molecule has 2 aromatic carbocycles. The van der Waals surface area contributed by atoms with Crippen molar-refractivity contribution < 1.29 is 14.3 Å². The smallest absolute Gasteiger partial charge is 0.259 e. The van der Waals surface area contributed by atoms with Gasteiger partial charge in [0.25, 0.3) is 11.5 Å². The Morgan fingerprint density at radius 3 is 2.61 bits per heavy atom. The highest BCUT2D eigenvalue weighted by molar-refractivity contribution is 5.78. The molecule has 0 radical (unpaired) electrons. The summed E-state index contributed by atoms with van der Waals surface area (Å²) < 4.78 is 5.73. The molecule has 0 saturated heterocycles. The maximum absolute atomic E-state index is 12.6. The minimum absolute atomic E-state index is 0.0641. The molecule has 8 nitrogen and oxygen atoms in total. The number of likely N-dealkylation sites (N-methyl/N-ethyl adjacent to an activating group) is 1. The minimum atomic E-state index is -0.234. The van der Waals surface area contributed by atoms with E-state index in [1.807, 2.05) is 31.2 Å². The van der Waals surface area contributed by atoms with Gasteiger partial charge < -0.3 is 19.9 Å². The first-order valence-corrected chi connectivity index (χ1v) is 11.1. The number of aryl methyl sites for hydroxylation is 1. The van der Waals surface area contributed by atoms with Gasteiger partial charge in [-0.3, -0.25) is 14.4 Å². The second kappa shape index (κ2) is 11.3. The molecule has 0 aliphatic rings. The van der Waals surface area contributed by atoms with Crippen molar-refractivity contribution in [1.29, 1.82) is 0 Å². The summed E-state index contributed by atoms with van der Waals surface area (Å²) in [5.41, 5.74) is 1.31. The third-order valence-corrected chi connectivity index (χ3v) is 5.37. The molecule has 1 atom stereocenters. The van der Waals surface area contributed by atoms with Gasteiger partial charge in [-0.05, 0) is 31.0 Å². The predicted octanol–water partition coefficient (Wildman–Crippen LogP) is 2.98. The molecule has 0 aliphatic carbocycles. The van der Waals surface area contributed by atoms with Crippen molar-refractivity contribution in [3.8, 4) is 5.75 Å². The SMILES string of the molecule is CCC(NC(=O)CCCc1nc2ccccc2c(=O)[nH]1)c1ccccc1OCC(=O)N(C)C. The number of hydrogen-bond donors (Lipinski definition) is 2. The van der Waals surface area contributed by atoms with Crippen molar-refractivity contribution in [2.45, 2.75) is 38.6 Å². The number of H-pyrrole nitrogens is 1. The van der Waals surface area contributed by atoms with Crippen LogP contribution in [-0.2, 0) is 16.0 Å². The Morgan fingerprint density at radius 2 is 1.85 bits per heavy atom. The number of carbonyl (C=O) groups is 2. The zero-order chi connectivity index (χ0) is 23.8. The molecule has 3 aromatic rings. The van der Waals surface area contributed by atoms with Gasteiger partial charge in [-0.1, -0.05) is 37.3 Å². The van der Waals surface area contributed by atoms with Crippen LogP contribution in [0.25, 0.3) is 10.9 Å². The standard InChI is InChI=1S/C25H30N4O4/c1-4-19(17-10-6-8-13-21(17)33-16-24(31)29(2)3)27-23(30)15-9-14-22-26-20-12-7-5-11-18(20)25(32)28-22/h5-8,10-13,19H,4,9,14-16H2,1-3H3,(H,27,30)(H,26,28,32). The van der Waals surface area contributed by atoms with Gasteiger partial charge in [-0.25, -0.2) is 4.98 Å². The second-order valence-corrected chi connectivity index (χ2v) is 8.03. The van der Waals surface area contributed by atoms with E-state index in [0.29, 0.717) is 48.2 Å². The highest BCUT2D eigenvalue weighted by Gasteiger charge is 2.18. The van der Waals surface area contributed by atoms with Crippen molar-refractivity contribution >= 4 is 22.7 Å². The molecule has 0 saturated carbocycles. The van der Waals surface area contributed by atoms with Crippen molar-refractivity contribution in [1.82, 2.24) is 20.2 Å². The molecule has 1 unspecified atom stereocenters. The molecule has 8 heteroatoms. The lowest BCUT2D eigenvalue weighted by atomic mass is 10.0. The number of carbonyl (C=O) groups excluding carboxylic acids is 2. The summed E-state index contributed by atoms with van der Waals surface area (Å²) in [4.78, 5) is 45.4. The first-order chi connectivity index (χ1) is 15.9. The normalized spacial score (nSPS) is 11.7. The minimum Gasteiger partial charge on any atom is -0.483 e. The van der Waals surface area contributed by atoms with Crippen LogP contribution in [0.5, 0.6) is 5.75 Å². The van der Waals surface area contributed by atoms with E-state index < -0.39 is 0 Å². The lowest BCUT2D eigenvalue weighted by Crippen LogP contribution is -2.30. The summed E-state index contributed by atoms with van der Waals surface area (Å²) in [6, 6.07) is 14.4. The average molecular weight is 451 g/mol. The van der Waals surface area contributed by atoms with Crippen LogP contribution in [0.3, 0.4) is 0 Å².